The number of aryl methyl sites for hydroxylation is 1. The second kappa shape index (κ2) is 7.64. The van der Waals surface area contributed by atoms with Crippen molar-refractivity contribution in [2.75, 3.05) is 5.32 Å². The van der Waals surface area contributed by atoms with Gasteiger partial charge in [-0.25, -0.2) is 14.2 Å². The largest absolute Gasteiger partial charge is 0.534 e. The Bertz CT molecular complexity index is 1410. The fraction of sp³-hybridized carbons (Fsp3) is 0.111. The third-order valence-corrected chi connectivity index (χ3v) is 5.17. The summed E-state index contributed by atoms with van der Waals surface area (Å²) in [6, 6.07) is 9.03. The SMILES string of the molecule is Cc1ccc(-n2nc(OS(=O)(=O)C(F)(F)F)cc2NC(=O)c2cnn3cccnc23)cc1. The molecule has 0 spiro atoms. The van der Waals surface area contributed by atoms with Crippen molar-refractivity contribution >= 4 is 27.5 Å². The predicted molar refractivity (Wildman–Crippen MR) is 105 cm³/mol. The molecule has 14 heteroatoms. The summed E-state index contributed by atoms with van der Waals surface area (Å²) in [6.45, 7) is 1.82. The Morgan fingerprint density at radius 2 is 1.91 bits per heavy atom. The minimum atomic E-state index is -5.96. The molecular weight excluding hydrogens is 453 g/mol. The molecule has 3 heterocycles. The van der Waals surface area contributed by atoms with Gasteiger partial charge >= 0.3 is 15.6 Å². The van der Waals surface area contributed by atoms with Crippen molar-refractivity contribution < 1.29 is 30.6 Å². The van der Waals surface area contributed by atoms with Gasteiger partial charge in [0.15, 0.2) is 5.65 Å². The Morgan fingerprint density at radius 3 is 2.59 bits per heavy atom. The van der Waals surface area contributed by atoms with E-state index in [0.717, 1.165) is 16.3 Å². The number of hydrogen-bond acceptors (Lipinski definition) is 7. The maximum absolute atomic E-state index is 12.8. The molecule has 1 amide bonds. The van der Waals surface area contributed by atoms with Crippen molar-refractivity contribution in [2.45, 2.75) is 12.4 Å². The molecule has 3 aromatic heterocycles. The zero-order valence-corrected chi connectivity index (χ0v) is 16.9. The molecule has 0 aliphatic carbocycles. The van der Waals surface area contributed by atoms with Crippen LogP contribution in [0.15, 0.2) is 55.0 Å². The normalized spacial score (nSPS) is 12.1. The molecule has 166 valence electrons. The van der Waals surface area contributed by atoms with Crippen LogP contribution >= 0.6 is 0 Å². The van der Waals surface area contributed by atoms with Crippen molar-refractivity contribution in [1.82, 2.24) is 24.4 Å². The molecule has 0 bridgehead atoms. The van der Waals surface area contributed by atoms with E-state index in [4.69, 9.17) is 0 Å². The summed E-state index contributed by atoms with van der Waals surface area (Å²) >= 11 is 0. The molecule has 0 aliphatic rings. The third kappa shape index (κ3) is 3.99. The lowest BCUT2D eigenvalue weighted by Gasteiger charge is -2.08. The fourth-order valence-electron chi connectivity index (χ4n) is 2.70. The Kier molecular flexibility index (Phi) is 5.08. The number of fused-ring (bicyclic) bond motifs is 1. The van der Waals surface area contributed by atoms with Gasteiger partial charge in [-0.1, -0.05) is 17.7 Å². The van der Waals surface area contributed by atoms with E-state index in [0.29, 0.717) is 5.69 Å². The van der Waals surface area contributed by atoms with Gasteiger partial charge < -0.3 is 9.50 Å². The summed E-state index contributed by atoms with van der Waals surface area (Å²) in [7, 11) is -5.96. The van der Waals surface area contributed by atoms with Gasteiger partial charge in [-0.2, -0.15) is 26.7 Å². The Balaban J connectivity index is 1.73. The number of anilines is 1. The monoisotopic (exact) mass is 466 g/mol. The highest BCUT2D eigenvalue weighted by atomic mass is 32.2. The van der Waals surface area contributed by atoms with Gasteiger partial charge in [0.2, 0.25) is 0 Å². The Labute approximate surface area is 178 Å². The smallest absolute Gasteiger partial charge is 0.354 e. The molecule has 0 fully saturated rings. The number of carbonyl (C=O) groups excluding carboxylic acids is 1. The average Bonchev–Trinajstić information content (AvgIpc) is 3.31. The second-order valence-electron chi connectivity index (χ2n) is 6.50. The van der Waals surface area contributed by atoms with E-state index in [1.54, 1.807) is 36.5 Å². The van der Waals surface area contributed by atoms with Crippen molar-refractivity contribution in [3.63, 3.8) is 0 Å². The van der Waals surface area contributed by atoms with Gasteiger partial charge in [0.05, 0.1) is 11.9 Å². The highest BCUT2D eigenvalue weighted by molar-refractivity contribution is 7.87. The zero-order chi connectivity index (χ0) is 23.1. The van der Waals surface area contributed by atoms with Crippen LogP contribution in [0.3, 0.4) is 0 Å². The van der Waals surface area contributed by atoms with Gasteiger partial charge in [0, 0.05) is 18.5 Å². The van der Waals surface area contributed by atoms with Crippen LogP contribution in [0.25, 0.3) is 11.3 Å². The molecular formula is C18H13F3N6O4S. The quantitative estimate of drug-likeness (QED) is 0.355. The number of benzene rings is 1. The van der Waals surface area contributed by atoms with E-state index in [1.807, 2.05) is 6.92 Å². The number of halogens is 3. The number of rotatable bonds is 5. The molecule has 0 saturated heterocycles. The van der Waals surface area contributed by atoms with Crippen LogP contribution in [0, 0.1) is 6.92 Å². The first-order chi connectivity index (χ1) is 15.0. The van der Waals surface area contributed by atoms with Crippen LogP contribution in [0.5, 0.6) is 5.88 Å². The molecule has 4 rings (SSSR count). The topological polar surface area (TPSA) is 120 Å². The number of alkyl halides is 3. The molecule has 0 radical (unpaired) electrons. The van der Waals surface area contributed by atoms with E-state index < -0.39 is 27.4 Å². The van der Waals surface area contributed by atoms with E-state index in [2.05, 4.69) is 24.7 Å². The predicted octanol–water partition coefficient (Wildman–Crippen LogP) is 2.70. The lowest BCUT2D eigenvalue weighted by atomic mass is 10.2. The van der Waals surface area contributed by atoms with Gasteiger partial charge in [0.1, 0.15) is 11.4 Å². The summed E-state index contributed by atoms with van der Waals surface area (Å²) in [6.07, 6.45) is 4.29. The maximum atomic E-state index is 12.8. The highest BCUT2D eigenvalue weighted by Gasteiger charge is 2.49. The summed E-state index contributed by atoms with van der Waals surface area (Å²) in [5.74, 6) is -1.71. The van der Waals surface area contributed by atoms with Crippen molar-refractivity contribution in [2.24, 2.45) is 0 Å². The standard InChI is InChI=1S/C18H13F3N6O4S/c1-11-3-5-12(6-4-11)27-14(9-15(25-27)31-32(29,30)18(19,20)21)24-17(28)13-10-23-26-8-2-7-22-16(13)26/h2-10H,1H3,(H,24,28). The lowest BCUT2D eigenvalue weighted by Crippen LogP contribution is -2.28. The summed E-state index contributed by atoms with van der Waals surface area (Å²) in [5.41, 5.74) is -4.11. The van der Waals surface area contributed by atoms with Crippen LogP contribution < -0.4 is 9.50 Å². The minimum absolute atomic E-state index is 0.0765. The van der Waals surface area contributed by atoms with Gasteiger partial charge in [-0.05, 0) is 25.1 Å². The van der Waals surface area contributed by atoms with E-state index in [-0.39, 0.29) is 17.0 Å². The molecule has 32 heavy (non-hydrogen) atoms. The van der Waals surface area contributed by atoms with Crippen molar-refractivity contribution in [3.05, 3.63) is 66.1 Å². The minimum Gasteiger partial charge on any atom is -0.354 e. The van der Waals surface area contributed by atoms with Crippen LogP contribution in [0.1, 0.15) is 15.9 Å². The molecule has 0 saturated carbocycles. The molecule has 0 unspecified atom stereocenters. The first-order valence-corrected chi connectivity index (χ1v) is 10.2. The summed E-state index contributed by atoms with van der Waals surface area (Å²) in [5, 5.41) is 10.2. The van der Waals surface area contributed by atoms with Crippen molar-refractivity contribution in [3.8, 4) is 11.6 Å². The highest BCUT2D eigenvalue weighted by Crippen LogP contribution is 2.29. The number of nitrogens with one attached hydrogen (secondary N) is 1. The van der Waals surface area contributed by atoms with Crippen LogP contribution in [-0.4, -0.2) is 44.2 Å². The molecule has 10 nitrogen and oxygen atoms in total. The third-order valence-electron chi connectivity index (χ3n) is 4.21. The number of aromatic nitrogens is 5. The number of carbonyl (C=O) groups is 1. The number of hydrogen-bond donors (Lipinski definition) is 1. The fourth-order valence-corrected chi connectivity index (χ4v) is 3.10. The van der Waals surface area contributed by atoms with Gasteiger partial charge in [-0.15, -0.1) is 5.10 Å². The van der Waals surface area contributed by atoms with Gasteiger partial charge in [-0.3, -0.25) is 4.79 Å². The first kappa shape index (κ1) is 21.3. The molecule has 0 aliphatic heterocycles. The van der Waals surface area contributed by atoms with Crippen molar-refractivity contribution in [1.29, 1.82) is 0 Å². The maximum Gasteiger partial charge on any atom is 0.534 e. The Morgan fingerprint density at radius 1 is 1.19 bits per heavy atom. The summed E-state index contributed by atoms with van der Waals surface area (Å²) < 4.78 is 67.4. The van der Waals surface area contributed by atoms with E-state index in [1.165, 1.54) is 16.9 Å². The molecule has 1 N–H and O–H groups in total. The van der Waals surface area contributed by atoms with E-state index in [9.17, 15) is 26.4 Å². The summed E-state index contributed by atoms with van der Waals surface area (Å²) in [4.78, 5) is 16.9. The molecule has 1 aromatic carbocycles. The van der Waals surface area contributed by atoms with Crippen LogP contribution in [-0.2, 0) is 10.1 Å². The lowest BCUT2D eigenvalue weighted by molar-refractivity contribution is -0.0501. The second-order valence-corrected chi connectivity index (χ2v) is 8.04. The first-order valence-electron chi connectivity index (χ1n) is 8.83. The van der Waals surface area contributed by atoms with Crippen LogP contribution in [0.4, 0.5) is 19.0 Å². The Hall–Kier alpha value is -3.94. The van der Waals surface area contributed by atoms with Gasteiger partial charge in [0.25, 0.3) is 11.8 Å². The molecule has 0 atom stereocenters. The average molecular weight is 466 g/mol. The molecule has 4 aromatic rings. The van der Waals surface area contributed by atoms with E-state index >= 15 is 0 Å². The number of amides is 1. The zero-order valence-electron chi connectivity index (χ0n) is 16.1. The number of nitrogens with zero attached hydrogens (tertiary/aromatic N) is 5. The van der Waals surface area contributed by atoms with Crippen LogP contribution in [0.2, 0.25) is 0 Å².